The summed E-state index contributed by atoms with van der Waals surface area (Å²) in [5.41, 5.74) is 6.40. The summed E-state index contributed by atoms with van der Waals surface area (Å²) in [5, 5.41) is 37.3. The largest absolute Gasteiger partial charge is 0.363 e. The molecule has 0 fully saturated rings. The molecule has 0 aliphatic rings. The third-order valence-electron chi connectivity index (χ3n) is 7.83. The quantitative estimate of drug-likeness (QED) is 0.0544. The molecule has 1 aromatic carbocycles. The van der Waals surface area contributed by atoms with Gasteiger partial charge in [0.05, 0.1) is 37.4 Å². The summed E-state index contributed by atoms with van der Waals surface area (Å²) in [7, 11) is 3.79. The van der Waals surface area contributed by atoms with Crippen molar-refractivity contribution >= 4 is 29.3 Å². The first-order valence-corrected chi connectivity index (χ1v) is 16.0. The van der Waals surface area contributed by atoms with E-state index in [1.165, 1.54) is 6.20 Å². The first-order valence-electron chi connectivity index (χ1n) is 16.0. The number of nitrogens with zero attached hydrogens (tertiary/aromatic N) is 9. The lowest BCUT2D eigenvalue weighted by Crippen LogP contribution is -2.35. The van der Waals surface area contributed by atoms with Crippen LogP contribution in [0.2, 0.25) is 0 Å². The number of nitrogens with one attached hydrogen (secondary N) is 4. The summed E-state index contributed by atoms with van der Waals surface area (Å²) in [6.45, 7) is 5.70. The maximum atomic E-state index is 9.60. The number of nitriles is 1. The Bertz CT molecular complexity index is 1880. The summed E-state index contributed by atoms with van der Waals surface area (Å²) >= 11 is 0. The maximum absolute atomic E-state index is 9.60. The van der Waals surface area contributed by atoms with Gasteiger partial charge in [0.25, 0.3) is 0 Å². The number of benzene rings is 1. The molecule has 0 saturated carbocycles. The standard InChI is InChI=1S/C35H42N13/c1-5-10-31(13-9-16-38-35-42-21-28(18-36)33(44-35)40-23-30-17-25(2)47(4)45-30)48(34(37)41-19-26-11-7-6-8-12-26)32-15-14-27(20-39-32)29-22-43-46(3)24-29/h6-8,11-12,14-15,17,20-22,24H,5,9-10,13,16,19,23H2,1-4H3,(H2,37,41)(H2,38,40,42,44)/q+1/b48-31+. The molecule has 5 aromatic rings. The van der Waals surface area contributed by atoms with E-state index in [1.807, 2.05) is 97.4 Å². The number of anilines is 2. The number of hydrogen-bond acceptors (Lipinski definition) is 9. The lowest BCUT2D eigenvalue weighted by Gasteiger charge is -2.15. The van der Waals surface area contributed by atoms with E-state index < -0.39 is 0 Å². The zero-order valence-electron chi connectivity index (χ0n) is 27.9. The van der Waals surface area contributed by atoms with Gasteiger partial charge in [-0.05, 0) is 50.3 Å². The monoisotopic (exact) mass is 644 g/mol. The van der Waals surface area contributed by atoms with Gasteiger partial charge in [-0.15, -0.1) is 4.98 Å². The van der Waals surface area contributed by atoms with Gasteiger partial charge in [0, 0.05) is 55.4 Å². The topological polar surface area (TPSA) is 161 Å². The van der Waals surface area contributed by atoms with Gasteiger partial charge in [0.1, 0.15) is 17.5 Å². The van der Waals surface area contributed by atoms with Crippen molar-refractivity contribution in [3.8, 4) is 17.2 Å². The Balaban J connectivity index is 1.31. The Labute approximate surface area is 280 Å². The number of aromatic nitrogens is 7. The molecule has 13 heteroatoms. The third kappa shape index (κ3) is 8.67. The second-order valence-corrected chi connectivity index (χ2v) is 11.5. The summed E-state index contributed by atoms with van der Waals surface area (Å²) in [6.07, 6.45) is 10.3. The Morgan fingerprint density at radius 3 is 2.48 bits per heavy atom. The van der Waals surface area contributed by atoms with Crippen LogP contribution in [-0.2, 0) is 27.2 Å². The highest BCUT2D eigenvalue weighted by atomic mass is 15.3. The molecule has 246 valence electrons. The Kier molecular flexibility index (Phi) is 11.2. The van der Waals surface area contributed by atoms with Crippen molar-refractivity contribution in [2.45, 2.75) is 52.6 Å². The molecule has 5 rings (SSSR count). The fourth-order valence-corrected chi connectivity index (χ4v) is 5.26. The van der Waals surface area contributed by atoms with Crippen LogP contribution in [0.25, 0.3) is 11.1 Å². The highest BCUT2D eigenvalue weighted by Gasteiger charge is 2.20. The molecule has 4 N–H and O–H groups in total. The maximum Gasteiger partial charge on any atom is 0.344 e. The molecule has 0 aliphatic carbocycles. The minimum absolute atomic E-state index is 0.270. The van der Waals surface area contributed by atoms with Gasteiger partial charge in [-0.25, -0.2) is 4.98 Å². The van der Waals surface area contributed by atoms with Crippen molar-refractivity contribution in [2.24, 2.45) is 14.1 Å². The Morgan fingerprint density at radius 1 is 0.979 bits per heavy atom. The van der Waals surface area contributed by atoms with Crippen molar-refractivity contribution in [1.82, 2.24) is 39.8 Å². The van der Waals surface area contributed by atoms with Gasteiger partial charge in [0.2, 0.25) is 11.8 Å². The molecule has 0 saturated heterocycles. The normalized spacial score (nSPS) is 11.5. The zero-order chi connectivity index (χ0) is 33.9. The van der Waals surface area contributed by atoms with Crippen LogP contribution in [0.1, 0.15) is 55.1 Å². The van der Waals surface area contributed by atoms with Crippen LogP contribution in [-0.4, -0.2) is 57.3 Å². The first kappa shape index (κ1) is 33.5. The van der Waals surface area contributed by atoms with Crippen molar-refractivity contribution in [3.05, 3.63) is 95.8 Å². The number of aryl methyl sites for hydroxylation is 3. The molecule has 0 atom stereocenters. The van der Waals surface area contributed by atoms with Crippen LogP contribution in [0.3, 0.4) is 0 Å². The molecule has 48 heavy (non-hydrogen) atoms. The second kappa shape index (κ2) is 16.1. The molecular formula is C35H42N13+. The van der Waals surface area contributed by atoms with E-state index in [-0.39, 0.29) is 5.96 Å². The van der Waals surface area contributed by atoms with Gasteiger partial charge in [0.15, 0.2) is 0 Å². The third-order valence-corrected chi connectivity index (χ3v) is 7.83. The van der Waals surface area contributed by atoms with Gasteiger partial charge in [-0.2, -0.15) is 30.4 Å². The number of guanidine groups is 1. The molecule has 0 aliphatic heterocycles. The van der Waals surface area contributed by atoms with Crippen LogP contribution in [0, 0.1) is 23.7 Å². The van der Waals surface area contributed by atoms with Crippen molar-refractivity contribution in [1.29, 1.82) is 10.7 Å². The predicted octanol–water partition coefficient (Wildman–Crippen LogP) is 5.30. The molecule has 0 amide bonds. The van der Waals surface area contributed by atoms with Crippen LogP contribution in [0.5, 0.6) is 0 Å². The van der Waals surface area contributed by atoms with E-state index in [0.717, 1.165) is 59.5 Å². The Hall–Kier alpha value is -5.90. The van der Waals surface area contributed by atoms with E-state index >= 15 is 0 Å². The van der Waals surface area contributed by atoms with Crippen molar-refractivity contribution in [2.75, 3.05) is 17.2 Å². The lowest BCUT2D eigenvalue weighted by molar-refractivity contribution is -0.322. The van der Waals surface area contributed by atoms with Crippen LogP contribution in [0.4, 0.5) is 17.6 Å². The SMILES string of the molecule is CCC/C(CCCNc1ncc(C#N)c(NCc2cc(C)n(C)n2)n1)=[N+](\C(=N)NCc1ccccc1)c1ccc(-c2cnn(C)c2)cn1. The minimum atomic E-state index is 0.270. The molecule has 0 radical (unpaired) electrons. The van der Waals surface area contributed by atoms with Gasteiger partial charge in [-0.1, -0.05) is 37.3 Å². The summed E-state index contributed by atoms with van der Waals surface area (Å²) in [6, 6.07) is 18.2. The first-order chi connectivity index (χ1) is 23.3. The van der Waals surface area contributed by atoms with E-state index in [4.69, 9.17) is 10.4 Å². The molecule has 0 spiro atoms. The molecular weight excluding hydrogens is 602 g/mol. The predicted molar refractivity (Wildman–Crippen MR) is 187 cm³/mol. The Morgan fingerprint density at radius 2 is 1.81 bits per heavy atom. The lowest BCUT2D eigenvalue weighted by atomic mass is 10.1. The second-order valence-electron chi connectivity index (χ2n) is 11.5. The van der Waals surface area contributed by atoms with Gasteiger partial charge >= 0.3 is 5.96 Å². The number of pyridine rings is 1. The van der Waals surface area contributed by atoms with Crippen LogP contribution >= 0.6 is 0 Å². The van der Waals surface area contributed by atoms with E-state index in [1.54, 1.807) is 4.68 Å². The minimum Gasteiger partial charge on any atom is -0.363 e. The summed E-state index contributed by atoms with van der Waals surface area (Å²) in [5.74, 6) is 1.85. The smallest absolute Gasteiger partial charge is 0.344 e. The fourth-order valence-electron chi connectivity index (χ4n) is 5.26. The number of hydrogen-bond donors (Lipinski definition) is 4. The molecule has 13 nitrogen and oxygen atoms in total. The van der Waals surface area contributed by atoms with E-state index in [9.17, 15) is 5.26 Å². The van der Waals surface area contributed by atoms with Crippen LogP contribution < -0.4 is 16.0 Å². The van der Waals surface area contributed by atoms with E-state index in [0.29, 0.717) is 42.8 Å². The van der Waals surface area contributed by atoms with Crippen molar-refractivity contribution < 1.29 is 4.58 Å². The average molecular weight is 645 g/mol. The van der Waals surface area contributed by atoms with Gasteiger partial charge in [-0.3, -0.25) is 14.7 Å². The highest BCUT2D eigenvalue weighted by Crippen LogP contribution is 2.21. The van der Waals surface area contributed by atoms with Crippen LogP contribution in [0.15, 0.2) is 73.3 Å². The zero-order valence-corrected chi connectivity index (χ0v) is 27.9. The number of rotatable bonds is 14. The van der Waals surface area contributed by atoms with Crippen molar-refractivity contribution in [3.63, 3.8) is 0 Å². The molecule has 0 bridgehead atoms. The summed E-state index contributed by atoms with van der Waals surface area (Å²) < 4.78 is 5.51. The molecule has 4 heterocycles. The highest BCUT2D eigenvalue weighted by molar-refractivity contribution is 5.87. The molecule has 4 aromatic heterocycles. The van der Waals surface area contributed by atoms with E-state index in [2.05, 4.69) is 49.1 Å². The summed E-state index contributed by atoms with van der Waals surface area (Å²) in [4.78, 5) is 13.7. The fraction of sp³-hybridized carbons (Fsp3) is 0.314. The molecule has 0 unspecified atom stereocenters. The average Bonchev–Trinajstić information content (AvgIpc) is 3.69. The van der Waals surface area contributed by atoms with Gasteiger partial charge < -0.3 is 10.6 Å².